The van der Waals surface area contributed by atoms with Crippen molar-refractivity contribution >= 4 is 46.2 Å². The SMILES string of the molecule is CCC(C)NC(=S)Nc1cnn(Cc2c(Cl)cccc2Cl)c1. The van der Waals surface area contributed by atoms with Gasteiger partial charge in [-0.25, -0.2) is 0 Å². The molecule has 1 unspecified atom stereocenters. The Bertz CT molecular complexity index is 636. The fraction of sp³-hybridized carbons (Fsp3) is 0.333. The molecule has 0 amide bonds. The zero-order chi connectivity index (χ0) is 16.1. The van der Waals surface area contributed by atoms with Crippen molar-refractivity contribution in [1.82, 2.24) is 15.1 Å². The smallest absolute Gasteiger partial charge is 0.171 e. The van der Waals surface area contributed by atoms with Crippen molar-refractivity contribution in [3.63, 3.8) is 0 Å². The standard InChI is InChI=1S/C15H18Cl2N4S/c1-3-10(2)19-15(22)20-11-7-18-21(8-11)9-12-13(16)5-4-6-14(12)17/h4-8,10H,3,9H2,1-2H3,(H2,19,20,22). The number of halogens is 2. The number of hydrogen-bond donors (Lipinski definition) is 2. The van der Waals surface area contributed by atoms with Gasteiger partial charge in [-0.2, -0.15) is 5.10 Å². The molecule has 1 aromatic heterocycles. The molecule has 0 saturated heterocycles. The van der Waals surface area contributed by atoms with Gasteiger partial charge in [-0.3, -0.25) is 4.68 Å². The van der Waals surface area contributed by atoms with Crippen LogP contribution >= 0.6 is 35.4 Å². The third-order valence-electron chi connectivity index (χ3n) is 3.26. The molecule has 0 saturated carbocycles. The lowest BCUT2D eigenvalue weighted by molar-refractivity contribution is 0.646. The van der Waals surface area contributed by atoms with E-state index in [0.29, 0.717) is 27.7 Å². The molecule has 1 heterocycles. The summed E-state index contributed by atoms with van der Waals surface area (Å²) in [5, 5.41) is 12.5. The molecule has 7 heteroatoms. The van der Waals surface area contributed by atoms with Gasteiger partial charge in [0, 0.05) is 27.8 Å². The molecule has 2 N–H and O–H groups in total. The Labute approximate surface area is 145 Å². The Kier molecular flexibility index (Phi) is 6.06. The van der Waals surface area contributed by atoms with Gasteiger partial charge in [-0.05, 0) is 37.7 Å². The first-order valence-electron chi connectivity index (χ1n) is 7.02. The van der Waals surface area contributed by atoms with E-state index in [1.807, 2.05) is 24.4 Å². The Morgan fingerprint density at radius 2 is 2.05 bits per heavy atom. The molecule has 4 nitrogen and oxygen atoms in total. The van der Waals surface area contributed by atoms with Crippen LogP contribution in [0, 0.1) is 0 Å². The van der Waals surface area contributed by atoms with Gasteiger partial charge in [0.2, 0.25) is 0 Å². The van der Waals surface area contributed by atoms with E-state index in [0.717, 1.165) is 17.7 Å². The summed E-state index contributed by atoms with van der Waals surface area (Å²) in [5.74, 6) is 0. The Morgan fingerprint density at radius 1 is 1.36 bits per heavy atom. The summed E-state index contributed by atoms with van der Waals surface area (Å²) in [6, 6.07) is 5.79. The number of thiocarbonyl (C=S) groups is 1. The van der Waals surface area contributed by atoms with Crippen molar-refractivity contribution in [3.05, 3.63) is 46.2 Å². The quantitative estimate of drug-likeness (QED) is 0.782. The van der Waals surface area contributed by atoms with Gasteiger partial charge in [0.15, 0.2) is 5.11 Å². The van der Waals surface area contributed by atoms with E-state index in [1.165, 1.54) is 0 Å². The summed E-state index contributed by atoms with van der Waals surface area (Å²) < 4.78 is 1.77. The van der Waals surface area contributed by atoms with E-state index in [2.05, 4.69) is 29.6 Å². The van der Waals surface area contributed by atoms with E-state index in [-0.39, 0.29) is 0 Å². The maximum Gasteiger partial charge on any atom is 0.171 e. The van der Waals surface area contributed by atoms with Crippen molar-refractivity contribution in [3.8, 4) is 0 Å². The molecule has 0 aliphatic rings. The van der Waals surface area contributed by atoms with E-state index in [4.69, 9.17) is 35.4 Å². The summed E-state index contributed by atoms with van der Waals surface area (Å²) >= 11 is 17.6. The highest BCUT2D eigenvalue weighted by Crippen LogP contribution is 2.25. The monoisotopic (exact) mass is 356 g/mol. The maximum absolute atomic E-state index is 6.17. The lowest BCUT2D eigenvalue weighted by atomic mass is 10.2. The Morgan fingerprint density at radius 3 is 2.68 bits per heavy atom. The first-order valence-corrected chi connectivity index (χ1v) is 8.19. The number of rotatable bonds is 5. The molecule has 22 heavy (non-hydrogen) atoms. The minimum Gasteiger partial charge on any atom is -0.360 e. The van der Waals surface area contributed by atoms with Crippen LogP contribution in [-0.4, -0.2) is 20.9 Å². The van der Waals surface area contributed by atoms with Gasteiger partial charge < -0.3 is 10.6 Å². The van der Waals surface area contributed by atoms with Crippen molar-refractivity contribution in [2.24, 2.45) is 0 Å². The normalized spacial score (nSPS) is 12.0. The predicted octanol–water partition coefficient (Wildman–Crippen LogP) is 4.32. The van der Waals surface area contributed by atoms with Crippen molar-refractivity contribution < 1.29 is 0 Å². The van der Waals surface area contributed by atoms with Crippen LogP contribution in [0.5, 0.6) is 0 Å². The van der Waals surface area contributed by atoms with Crippen molar-refractivity contribution in [1.29, 1.82) is 0 Å². The zero-order valence-corrected chi connectivity index (χ0v) is 14.8. The van der Waals surface area contributed by atoms with E-state index < -0.39 is 0 Å². The number of nitrogens with one attached hydrogen (secondary N) is 2. The second kappa shape index (κ2) is 7.81. The average molecular weight is 357 g/mol. The molecular formula is C15H18Cl2N4S. The third kappa shape index (κ3) is 4.60. The largest absolute Gasteiger partial charge is 0.360 e. The van der Waals surface area contributed by atoms with Gasteiger partial charge in [-0.1, -0.05) is 36.2 Å². The molecular weight excluding hydrogens is 339 g/mol. The van der Waals surface area contributed by atoms with Crippen LogP contribution in [0.15, 0.2) is 30.6 Å². The summed E-state index contributed by atoms with van der Waals surface area (Å²) in [6.07, 6.45) is 4.59. The van der Waals surface area contributed by atoms with Gasteiger partial charge in [0.05, 0.1) is 18.4 Å². The zero-order valence-electron chi connectivity index (χ0n) is 12.4. The molecule has 0 fully saturated rings. The van der Waals surface area contributed by atoms with E-state index in [9.17, 15) is 0 Å². The van der Waals surface area contributed by atoms with Crippen LogP contribution in [0.1, 0.15) is 25.8 Å². The molecule has 1 atom stereocenters. The first kappa shape index (κ1) is 17.1. The maximum atomic E-state index is 6.17. The van der Waals surface area contributed by atoms with E-state index >= 15 is 0 Å². The van der Waals surface area contributed by atoms with Crippen LogP contribution in [0.25, 0.3) is 0 Å². The summed E-state index contributed by atoms with van der Waals surface area (Å²) in [7, 11) is 0. The first-order chi connectivity index (χ1) is 10.5. The molecule has 2 aromatic rings. The highest BCUT2D eigenvalue weighted by atomic mass is 35.5. The van der Waals surface area contributed by atoms with Gasteiger partial charge in [0.25, 0.3) is 0 Å². The molecule has 0 bridgehead atoms. The minimum atomic E-state index is 0.331. The van der Waals surface area contributed by atoms with Gasteiger partial charge >= 0.3 is 0 Å². The van der Waals surface area contributed by atoms with Gasteiger partial charge in [-0.15, -0.1) is 0 Å². The fourth-order valence-corrected chi connectivity index (χ4v) is 2.69. The highest BCUT2D eigenvalue weighted by molar-refractivity contribution is 7.80. The third-order valence-corrected chi connectivity index (χ3v) is 4.19. The number of anilines is 1. The highest BCUT2D eigenvalue weighted by Gasteiger charge is 2.08. The Balaban J connectivity index is 2.01. The van der Waals surface area contributed by atoms with Crippen LogP contribution in [-0.2, 0) is 6.54 Å². The van der Waals surface area contributed by atoms with Crippen LogP contribution in [0.3, 0.4) is 0 Å². The second-order valence-corrected chi connectivity index (χ2v) is 6.26. The topological polar surface area (TPSA) is 41.9 Å². The van der Waals surface area contributed by atoms with Crippen LogP contribution in [0.2, 0.25) is 10.0 Å². The van der Waals surface area contributed by atoms with E-state index in [1.54, 1.807) is 10.9 Å². The molecule has 0 aliphatic carbocycles. The second-order valence-electron chi connectivity index (χ2n) is 5.03. The summed E-state index contributed by atoms with van der Waals surface area (Å²) in [4.78, 5) is 0. The van der Waals surface area contributed by atoms with Crippen LogP contribution < -0.4 is 10.6 Å². The molecule has 2 rings (SSSR count). The predicted molar refractivity (Wildman–Crippen MR) is 96.9 cm³/mol. The minimum absolute atomic E-state index is 0.331. The summed E-state index contributed by atoms with van der Waals surface area (Å²) in [5.41, 5.74) is 1.67. The number of nitrogens with zero attached hydrogens (tertiary/aromatic N) is 2. The van der Waals surface area contributed by atoms with Crippen LogP contribution in [0.4, 0.5) is 5.69 Å². The Hall–Kier alpha value is -1.30. The number of aromatic nitrogens is 2. The lowest BCUT2D eigenvalue weighted by Crippen LogP contribution is -2.35. The average Bonchev–Trinajstić information content (AvgIpc) is 2.90. The molecule has 0 spiro atoms. The van der Waals surface area contributed by atoms with Gasteiger partial charge in [0.1, 0.15) is 0 Å². The van der Waals surface area contributed by atoms with Crippen molar-refractivity contribution in [2.45, 2.75) is 32.9 Å². The molecule has 0 radical (unpaired) electrons. The van der Waals surface area contributed by atoms with Crippen molar-refractivity contribution in [2.75, 3.05) is 5.32 Å². The summed E-state index contributed by atoms with van der Waals surface area (Å²) in [6.45, 7) is 4.69. The number of benzene rings is 1. The fourth-order valence-electron chi connectivity index (χ4n) is 1.85. The molecule has 0 aliphatic heterocycles. The molecule has 1 aromatic carbocycles. The number of hydrogen-bond acceptors (Lipinski definition) is 2. The molecule has 118 valence electrons. The lowest BCUT2D eigenvalue weighted by Gasteiger charge is -2.14.